The van der Waals surface area contributed by atoms with Crippen molar-refractivity contribution in [2.75, 3.05) is 6.61 Å². The number of benzene rings is 1. The summed E-state index contributed by atoms with van der Waals surface area (Å²) in [6, 6.07) is 4.44. The van der Waals surface area contributed by atoms with Crippen LogP contribution in [0.5, 0.6) is 11.5 Å². The number of rotatable bonds is 3. The lowest BCUT2D eigenvalue weighted by Crippen LogP contribution is -2.60. The van der Waals surface area contributed by atoms with Gasteiger partial charge in [0.25, 0.3) is 0 Å². The van der Waals surface area contributed by atoms with Crippen LogP contribution in [0.25, 0.3) is 0 Å². The van der Waals surface area contributed by atoms with E-state index in [-0.39, 0.29) is 5.75 Å². The average molecular weight is 286 g/mol. The minimum absolute atomic E-state index is 0.103. The van der Waals surface area contributed by atoms with Crippen LogP contribution in [0.4, 0.5) is 0 Å². The molecule has 0 aliphatic carbocycles. The lowest BCUT2D eigenvalue weighted by molar-refractivity contribution is -0.277. The van der Waals surface area contributed by atoms with Gasteiger partial charge in [0.15, 0.2) is 0 Å². The molecule has 7 heteroatoms. The number of hydrogen-bond donors (Lipinski definition) is 5. The van der Waals surface area contributed by atoms with Crippen molar-refractivity contribution in [2.45, 2.75) is 37.6 Å². The van der Waals surface area contributed by atoms with E-state index in [1.807, 2.05) is 0 Å². The van der Waals surface area contributed by atoms with Gasteiger partial charge in [-0.2, -0.15) is 0 Å². The molecule has 1 aromatic carbocycles. The van der Waals surface area contributed by atoms with Crippen LogP contribution in [0.15, 0.2) is 18.2 Å². The molecule has 0 radical (unpaired) electrons. The minimum atomic E-state index is -1.48. The first-order chi connectivity index (χ1) is 9.43. The Balaban J connectivity index is 2.13. The molecule has 1 saturated heterocycles. The second-order valence-electron chi connectivity index (χ2n) is 4.76. The van der Waals surface area contributed by atoms with E-state index in [0.717, 1.165) is 0 Å². The van der Waals surface area contributed by atoms with E-state index in [2.05, 4.69) is 0 Å². The third kappa shape index (κ3) is 2.87. The summed E-state index contributed by atoms with van der Waals surface area (Å²) >= 11 is 0. The molecular formula is C13H18O7. The van der Waals surface area contributed by atoms with E-state index in [1.54, 1.807) is 6.92 Å². The highest BCUT2D eigenvalue weighted by molar-refractivity contribution is 5.38. The van der Waals surface area contributed by atoms with Crippen molar-refractivity contribution in [3.63, 3.8) is 0 Å². The number of aliphatic hydroxyl groups is 4. The molecule has 0 bridgehead atoms. The van der Waals surface area contributed by atoms with Crippen LogP contribution in [0.2, 0.25) is 0 Å². The largest absolute Gasteiger partial charge is 0.508 e. The van der Waals surface area contributed by atoms with E-state index in [0.29, 0.717) is 11.3 Å². The Kier molecular flexibility index (Phi) is 4.46. The third-order valence-electron chi connectivity index (χ3n) is 3.27. The Morgan fingerprint density at radius 2 is 1.85 bits per heavy atom. The molecule has 2 rings (SSSR count). The van der Waals surface area contributed by atoms with Crippen LogP contribution < -0.4 is 4.74 Å². The van der Waals surface area contributed by atoms with E-state index in [9.17, 15) is 20.4 Å². The molecule has 5 N–H and O–H groups in total. The Hall–Kier alpha value is -1.38. The lowest BCUT2D eigenvalue weighted by atomic mass is 9.99. The highest BCUT2D eigenvalue weighted by Crippen LogP contribution is 2.27. The van der Waals surface area contributed by atoms with Gasteiger partial charge in [-0.15, -0.1) is 0 Å². The molecule has 0 amide bonds. The van der Waals surface area contributed by atoms with Crippen molar-refractivity contribution >= 4 is 0 Å². The molecular weight excluding hydrogens is 268 g/mol. The standard InChI is InChI=1S/C13H18O7/c1-6-4-7(2-3-8(6)15)19-13-12(18)11(17)10(16)9(5-14)20-13/h2-4,9-18H,5H2,1H3. The molecule has 1 heterocycles. The van der Waals surface area contributed by atoms with E-state index >= 15 is 0 Å². The Labute approximate surface area is 115 Å². The Morgan fingerprint density at radius 1 is 1.15 bits per heavy atom. The number of phenols is 1. The van der Waals surface area contributed by atoms with E-state index in [4.69, 9.17) is 14.6 Å². The maximum Gasteiger partial charge on any atom is 0.229 e. The van der Waals surface area contributed by atoms with Gasteiger partial charge < -0.3 is 35.0 Å². The molecule has 20 heavy (non-hydrogen) atoms. The zero-order valence-corrected chi connectivity index (χ0v) is 10.9. The highest BCUT2D eigenvalue weighted by atomic mass is 16.7. The van der Waals surface area contributed by atoms with Crippen LogP contribution in [0.1, 0.15) is 5.56 Å². The first kappa shape index (κ1) is 15.0. The average Bonchev–Trinajstić information content (AvgIpc) is 2.43. The molecule has 1 aliphatic heterocycles. The Bertz CT molecular complexity index is 462. The van der Waals surface area contributed by atoms with Gasteiger partial charge in [-0.3, -0.25) is 0 Å². The maximum absolute atomic E-state index is 9.82. The molecule has 7 nitrogen and oxygen atoms in total. The van der Waals surface area contributed by atoms with Gasteiger partial charge in [0.05, 0.1) is 6.61 Å². The molecule has 0 saturated carbocycles. The highest BCUT2D eigenvalue weighted by Gasteiger charge is 2.44. The number of ether oxygens (including phenoxy) is 2. The van der Waals surface area contributed by atoms with Gasteiger partial charge in [0.1, 0.15) is 35.9 Å². The van der Waals surface area contributed by atoms with Crippen molar-refractivity contribution in [3.8, 4) is 11.5 Å². The van der Waals surface area contributed by atoms with Gasteiger partial charge in [-0.1, -0.05) is 0 Å². The SMILES string of the molecule is Cc1cc(OC2OC(CO)C(O)C(O)C2O)ccc1O. The minimum Gasteiger partial charge on any atom is -0.508 e. The van der Waals surface area contributed by atoms with Crippen molar-refractivity contribution in [2.24, 2.45) is 0 Å². The summed E-state index contributed by atoms with van der Waals surface area (Å²) in [6.07, 6.45) is -6.60. The lowest BCUT2D eigenvalue weighted by Gasteiger charge is -2.39. The third-order valence-corrected chi connectivity index (χ3v) is 3.27. The first-order valence-electron chi connectivity index (χ1n) is 6.21. The zero-order chi connectivity index (χ0) is 14.9. The molecule has 5 atom stereocenters. The van der Waals surface area contributed by atoms with E-state index in [1.165, 1.54) is 18.2 Å². The van der Waals surface area contributed by atoms with Crippen LogP contribution in [0, 0.1) is 6.92 Å². The van der Waals surface area contributed by atoms with Crippen LogP contribution in [-0.2, 0) is 4.74 Å². The summed E-state index contributed by atoms with van der Waals surface area (Å²) in [5.74, 6) is 0.427. The number of hydrogen-bond acceptors (Lipinski definition) is 7. The maximum atomic E-state index is 9.82. The normalized spacial score (nSPS) is 34.0. The van der Waals surface area contributed by atoms with Gasteiger partial charge in [0.2, 0.25) is 6.29 Å². The molecule has 0 spiro atoms. The first-order valence-corrected chi connectivity index (χ1v) is 6.21. The van der Waals surface area contributed by atoms with Crippen molar-refractivity contribution in [1.82, 2.24) is 0 Å². The fourth-order valence-electron chi connectivity index (χ4n) is 2.00. The fraction of sp³-hybridized carbons (Fsp3) is 0.538. The molecule has 1 fully saturated rings. The Morgan fingerprint density at radius 3 is 2.45 bits per heavy atom. The van der Waals surface area contributed by atoms with Gasteiger partial charge in [-0.25, -0.2) is 0 Å². The summed E-state index contributed by atoms with van der Waals surface area (Å²) in [4.78, 5) is 0. The van der Waals surface area contributed by atoms with Gasteiger partial charge in [0, 0.05) is 0 Å². The predicted octanol–water partition coefficient (Wildman–Crippen LogP) is -1.12. The molecule has 112 valence electrons. The molecule has 1 aromatic rings. The van der Waals surface area contributed by atoms with Crippen molar-refractivity contribution in [3.05, 3.63) is 23.8 Å². The van der Waals surface area contributed by atoms with Crippen LogP contribution in [-0.4, -0.2) is 62.8 Å². The van der Waals surface area contributed by atoms with Crippen molar-refractivity contribution in [1.29, 1.82) is 0 Å². The second kappa shape index (κ2) is 5.94. The summed E-state index contributed by atoms with van der Waals surface area (Å²) in [7, 11) is 0. The van der Waals surface area contributed by atoms with Gasteiger partial charge >= 0.3 is 0 Å². The number of aliphatic hydroxyl groups excluding tert-OH is 4. The fourth-order valence-corrected chi connectivity index (χ4v) is 2.00. The summed E-state index contributed by atoms with van der Waals surface area (Å²) < 4.78 is 10.6. The van der Waals surface area contributed by atoms with Crippen LogP contribution >= 0.6 is 0 Å². The van der Waals surface area contributed by atoms with Gasteiger partial charge in [-0.05, 0) is 30.7 Å². The number of phenolic OH excluding ortho intramolecular Hbond substituents is 1. The molecule has 0 aromatic heterocycles. The quantitative estimate of drug-likeness (QED) is 0.477. The molecule has 1 aliphatic rings. The topological polar surface area (TPSA) is 120 Å². The zero-order valence-electron chi connectivity index (χ0n) is 10.9. The summed E-state index contributed by atoms with van der Waals surface area (Å²) in [5, 5.41) is 47.6. The number of aromatic hydroxyl groups is 1. The van der Waals surface area contributed by atoms with Crippen molar-refractivity contribution < 1.29 is 35.0 Å². The summed E-state index contributed by atoms with van der Waals surface area (Å²) in [5.41, 5.74) is 0.576. The van der Waals surface area contributed by atoms with E-state index < -0.39 is 37.3 Å². The molecule has 5 unspecified atom stereocenters. The summed E-state index contributed by atoms with van der Waals surface area (Å²) in [6.45, 7) is 1.16. The second-order valence-corrected chi connectivity index (χ2v) is 4.76. The predicted molar refractivity (Wildman–Crippen MR) is 67.2 cm³/mol. The smallest absolute Gasteiger partial charge is 0.229 e. The van der Waals surface area contributed by atoms with Crippen LogP contribution in [0.3, 0.4) is 0 Å². The number of aryl methyl sites for hydroxylation is 1. The monoisotopic (exact) mass is 286 g/mol.